The summed E-state index contributed by atoms with van der Waals surface area (Å²) in [5.74, 6) is 0.402. The number of esters is 1. The Morgan fingerprint density at radius 2 is 1.09 bits per heavy atom. The van der Waals surface area contributed by atoms with Gasteiger partial charge in [0.1, 0.15) is 12.9 Å². The van der Waals surface area contributed by atoms with E-state index < -0.39 is 5.40 Å². The van der Waals surface area contributed by atoms with Gasteiger partial charge in [-0.25, -0.2) is 0 Å². The lowest BCUT2D eigenvalue weighted by Crippen LogP contribution is -2.51. The van der Waals surface area contributed by atoms with E-state index in [0.29, 0.717) is 31.0 Å². The van der Waals surface area contributed by atoms with Crippen molar-refractivity contribution in [1.29, 1.82) is 0 Å². The van der Waals surface area contributed by atoms with E-state index in [1.54, 1.807) is 7.11 Å². The molecule has 0 aromatic carbocycles. The van der Waals surface area contributed by atoms with Crippen LogP contribution in [-0.2, 0) is 19.1 Å². The summed E-state index contributed by atoms with van der Waals surface area (Å²) >= 11 is 0. The number of methoxy groups -OCH3 is 1. The highest BCUT2D eigenvalue weighted by atomic mass is 16.5. The SMILES string of the molecule is CCCCCCCC(C=O)CCCCCCC.[B]C([B])(O)CCCN1CCC2(CC1)CCN(C(COC)COC(=O)C(CCCCCCC)CCCCCCC)CC2. The minimum absolute atomic E-state index is 0.0145. The molecule has 2 aliphatic rings. The molecule has 2 saturated heterocycles. The van der Waals surface area contributed by atoms with Gasteiger partial charge in [-0.2, -0.15) is 0 Å². The second-order valence-corrected chi connectivity index (χ2v) is 18.6. The maximum Gasteiger partial charge on any atom is 0.308 e. The van der Waals surface area contributed by atoms with Crippen molar-refractivity contribution in [3.05, 3.63) is 0 Å². The molecule has 1 spiro atoms. The van der Waals surface area contributed by atoms with Gasteiger partial charge in [0.2, 0.25) is 0 Å². The Morgan fingerprint density at radius 1 is 0.655 bits per heavy atom. The van der Waals surface area contributed by atoms with Crippen LogP contribution in [0, 0.1) is 17.3 Å². The van der Waals surface area contributed by atoms with Crippen LogP contribution >= 0.6 is 0 Å². The van der Waals surface area contributed by atoms with Crippen molar-refractivity contribution in [1.82, 2.24) is 9.80 Å². The summed E-state index contributed by atoms with van der Waals surface area (Å²) in [6, 6.07) is 0.127. The molecular formula is C49H94B2N2O5. The van der Waals surface area contributed by atoms with E-state index in [1.807, 2.05) is 0 Å². The monoisotopic (exact) mass is 813 g/mol. The van der Waals surface area contributed by atoms with Crippen molar-refractivity contribution in [2.45, 2.75) is 232 Å². The number of hydrogen-bond acceptors (Lipinski definition) is 7. The number of aliphatic hydroxyl groups is 1. The van der Waals surface area contributed by atoms with Crippen LogP contribution in [0.4, 0.5) is 0 Å². The number of piperidine rings is 2. The highest BCUT2D eigenvalue weighted by Crippen LogP contribution is 2.41. The number of rotatable bonds is 35. The van der Waals surface area contributed by atoms with E-state index in [4.69, 9.17) is 25.2 Å². The predicted molar refractivity (Wildman–Crippen MR) is 248 cm³/mol. The number of likely N-dealkylation sites (tertiary alicyclic amines) is 2. The van der Waals surface area contributed by atoms with Crippen molar-refractivity contribution >= 4 is 27.9 Å². The molecule has 0 aliphatic carbocycles. The second-order valence-electron chi connectivity index (χ2n) is 18.6. The van der Waals surface area contributed by atoms with Crippen LogP contribution in [0.3, 0.4) is 0 Å². The summed E-state index contributed by atoms with van der Waals surface area (Å²) in [5.41, 5.74) is 0.421. The quantitative estimate of drug-likeness (QED) is 0.0295. The zero-order valence-corrected chi connectivity index (χ0v) is 39.1. The van der Waals surface area contributed by atoms with E-state index >= 15 is 0 Å². The first kappa shape index (κ1) is 55.1. The Morgan fingerprint density at radius 3 is 1.50 bits per heavy atom. The molecule has 7 nitrogen and oxygen atoms in total. The largest absolute Gasteiger partial charge is 0.464 e. The Hall–Kier alpha value is -0.890. The number of ether oxygens (including phenoxy) is 2. The number of unbranched alkanes of at least 4 members (excludes halogenated alkanes) is 16. The molecular weight excluding hydrogens is 718 g/mol. The van der Waals surface area contributed by atoms with Gasteiger partial charge in [0.25, 0.3) is 0 Å². The first-order valence-electron chi connectivity index (χ1n) is 24.9. The van der Waals surface area contributed by atoms with E-state index in [-0.39, 0.29) is 17.9 Å². The molecule has 336 valence electrons. The maximum absolute atomic E-state index is 13.3. The summed E-state index contributed by atoms with van der Waals surface area (Å²) < 4.78 is 11.6. The number of hydrogen-bond donors (Lipinski definition) is 1. The van der Waals surface area contributed by atoms with Crippen molar-refractivity contribution in [3.63, 3.8) is 0 Å². The lowest BCUT2D eigenvalue weighted by atomic mass is 9.63. The maximum atomic E-state index is 13.3. The van der Waals surface area contributed by atoms with Crippen molar-refractivity contribution in [3.8, 4) is 0 Å². The summed E-state index contributed by atoms with van der Waals surface area (Å²) in [6.07, 6.45) is 36.9. The molecule has 0 amide bonds. The molecule has 0 aromatic rings. The van der Waals surface area contributed by atoms with Gasteiger partial charge >= 0.3 is 5.97 Å². The molecule has 0 bridgehead atoms. The molecule has 1 unspecified atom stereocenters. The normalized spacial score (nSPS) is 16.8. The van der Waals surface area contributed by atoms with Gasteiger partial charge in [-0.3, -0.25) is 9.69 Å². The van der Waals surface area contributed by atoms with Crippen LogP contribution in [0.1, 0.15) is 220 Å². The lowest BCUT2D eigenvalue weighted by Gasteiger charge is -2.48. The first-order valence-corrected chi connectivity index (χ1v) is 24.9. The van der Waals surface area contributed by atoms with Gasteiger partial charge < -0.3 is 24.3 Å². The van der Waals surface area contributed by atoms with Crippen LogP contribution in [0.5, 0.6) is 0 Å². The van der Waals surface area contributed by atoms with Gasteiger partial charge in [-0.1, -0.05) is 156 Å². The Bertz CT molecular complexity index is 920. The molecule has 1 atom stereocenters. The van der Waals surface area contributed by atoms with Gasteiger partial charge in [0.15, 0.2) is 0 Å². The number of carbonyl (C=O) groups is 2. The highest BCUT2D eigenvalue weighted by Gasteiger charge is 2.39. The molecule has 58 heavy (non-hydrogen) atoms. The molecule has 2 rings (SSSR count). The molecule has 2 fully saturated rings. The molecule has 2 heterocycles. The standard InChI is InChI=1S/C33H62B2N2O4.C16H32O/c1-4-6-8-10-12-15-29(16-13-11-9-7-5-2)31(38)41-28-30(27-40-3)37-25-20-32(21-26-37)18-23-36(24-19-32)22-14-17-33(34,35)39;1-3-5-7-9-11-13-16(15-17)14-12-10-8-6-4-2/h29-30,39H,4-28H2,1-3H3;15-16H,3-14H2,1-2H3. The van der Waals surface area contributed by atoms with Crippen molar-refractivity contribution in [2.24, 2.45) is 17.3 Å². The van der Waals surface area contributed by atoms with Crippen LogP contribution in [0.15, 0.2) is 0 Å². The van der Waals surface area contributed by atoms with Gasteiger partial charge in [0, 0.05) is 13.0 Å². The minimum Gasteiger partial charge on any atom is -0.464 e. The predicted octanol–water partition coefficient (Wildman–Crippen LogP) is 11.3. The molecule has 2 aliphatic heterocycles. The lowest BCUT2D eigenvalue weighted by molar-refractivity contribution is -0.152. The van der Waals surface area contributed by atoms with Crippen LogP contribution in [0.25, 0.3) is 0 Å². The fourth-order valence-corrected chi connectivity index (χ4v) is 9.12. The fourth-order valence-electron chi connectivity index (χ4n) is 9.12. The van der Waals surface area contributed by atoms with Crippen molar-refractivity contribution in [2.75, 3.05) is 53.0 Å². The average Bonchev–Trinajstić information content (AvgIpc) is 3.21. The number of aldehydes is 1. The number of carbonyl (C=O) groups excluding carboxylic acids is 2. The molecule has 9 heteroatoms. The van der Waals surface area contributed by atoms with Crippen LogP contribution in [0.2, 0.25) is 0 Å². The zero-order chi connectivity index (χ0) is 42.7. The van der Waals surface area contributed by atoms with Gasteiger partial charge in [-0.15, -0.1) is 0 Å². The average molecular weight is 813 g/mol. The van der Waals surface area contributed by atoms with Crippen molar-refractivity contribution < 1.29 is 24.2 Å². The second kappa shape index (κ2) is 35.7. The topological polar surface area (TPSA) is 79.3 Å². The zero-order valence-electron chi connectivity index (χ0n) is 39.1. The Balaban J connectivity index is 0.000000830. The van der Waals surface area contributed by atoms with Gasteiger partial charge in [-0.05, 0) is 108 Å². The smallest absolute Gasteiger partial charge is 0.308 e. The van der Waals surface area contributed by atoms with E-state index in [9.17, 15) is 14.7 Å². The molecule has 1 N–H and O–H groups in total. The van der Waals surface area contributed by atoms with E-state index in [0.717, 1.165) is 77.7 Å². The van der Waals surface area contributed by atoms with Crippen LogP contribution in [-0.4, -0.2) is 107 Å². The first-order chi connectivity index (χ1) is 28.1. The van der Waals surface area contributed by atoms with E-state index in [2.05, 4.69) is 37.5 Å². The summed E-state index contributed by atoms with van der Waals surface area (Å²) in [5, 5.41) is 8.01. The highest BCUT2D eigenvalue weighted by molar-refractivity contribution is 6.38. The molecule has 0 saturated carbocycles. The number of nitrogens with zero attached hydrogens (tertiary/aromatic N) is 2. The third-order valence-corrected chi connectivity index (χ3v) is 13.3. The minimum atomic E-state index is -1.56. The summed E-state index contributed by atoms with van der Waals surface area (Å²) in [6.45, 7) is 15.2. The van der Waals surface area contributed by atoms with E-state index in [1.165, 1.54) is 148 Å². The molecule has 0 aromatic heterocycles. The fraction of sp³-hybridized carbons (Fsp3) is 0.959. The Labute approximate surface area is 362 Å². The van der Waals surface area contributed by atoms with Crippen LogP contribution < -0.4 is 0 Å². The third kappa shape index (κ3) is 27.9. The molecule has 4 radical (unpaired) electrons. The van der Waals surface area contributed by atoms with Gasteiger partial charge in [0.05, 0.1) is 34.3 Å². The Kier molecular flexibility index (Phi) is 33.9. The summed E-state index contributed by atoms with van der Waals surface area (Å²) in [4.78, 5) is 29.2. The summed E-state index contributed by atoms with van der Waals surface area (Å²) in [7, 11) is 12.8. The third-order valence-electron chi connectivity index (χ3n) is 13.3.